The Kier molecular flexibility index (Phi) is 6.26. The molecule has 0 saturated carbocycles. The molecular weight excluding hydrogens is 367 g/mol. The maximum absolute atomic E-state index is 13.0. The Labute approximate surface area is 170 Å². The van der Waals surface area contributed by atoms with Crippen molar-refractivity contribution < 1.29 is 4.39 Å². The third kappa shape index (κ3) is 5.48. The van der Waals surface area contributed by atoms with E-state index in [4.69, 9.17) is 0 Å². The van der Waals surface area contributed by atoms with Gasteiger partial charge in [0.2, 0.25) is 5.95 Å². The minimum absolute atomic E-state index is 0.217. The fourth-order valence-electron chi connectivity index (χ4n) is 3.47. The van der Waals surface area contributed by atoms with Crippen molar-refractivity contribution in [3.8, 4) is 0 Å². The van der Waals surface area contributed by atoms with E-state index >= 15 is 0 Å². The summed E-state index contributed by atoms with van der Waals surface area (Å²) < 4.78 is 13.0. The van der Waals surface area contributed by atoms with E-state index in [0.717, 1.165) is 50.5 Å². The predicted molar refractivity (Wildman–Crippen MR) is 112 cm³/mol. The number of anilines is 2. The van der Waals surface area contributed by atoms with Gasteiger partial charge in [0.15, 0.2) is 5.82 Å². The summed E-state index contributed by atoms with van der Waals surface area (Å²) in [5.41, 5.74) is 2.41. The molecule has 1 aliphatic heterocycles. The van der Waals surface area contributed by atoms with Crippen LogP contribution in [-0.2, 0) is 13.0 Å². The van der Waals surface area contributed by atoms with Crippen LogP contribution in [0.15, 0.2) is 60.8 Å². The van der Waals surface area contributed by atoms with Gasteiger partial charge in [-0.1, -0.05) is 42.5 Å². The van der Waals surface area contributed by atoms with E-state index in [1.54, 1.807) is 18.3 Å². The van der Waals surface area contributed by atoms with Gasteiger partial charge in [-0.05, 0) is 29.7 Å². The Balaban J connectivity index is 1.27. The van der Waals surface area contributed by atoms with Crippen LogP contribution in [0.25, 0.3) is 0 Å². The maximum Gasteiger partial charge on any atom is 0.244 e. The summed E-state index contributed by atoms with van der Waals surface area (Å²) in [6, 6.07) is 17.1. The predicted octanol–water partition coefficient (Wildman–Crippen LogP) is 2.99. The van der Waals surface area contributed by atoms with Crippen LogP contribution in [0.5, 0.6) is 0 Å². The van der Waals surface area contributed by atoms with Crippen molar-refractivity contribution in [3.63, 3.8) is 0 Å². The Morgan fingerprint density at radius 2 is 1.66 bits per heavy atom. The fraction of sp³-hybridized carbons (Fsp3) is 0.318. The van der Waals surface area contributed by atoms with Gasteiger partial charge in [0.05, 0.1) is 6.20 Å². The summed E-state index contributed by atoms with van der Waals surface area (Å²) in [6.45, 7) is 5.47. The van der Waals surface area contributed by atoms with Crippen LogP contribution in [0.3, 0.4) is 0 Å². The largest absolute Gasteiger partial charge is 0.353 e. The number of hydrogen-bond acceptors (Lipinski definition) is 6. The zero-order chi connectivity index (χ0) is 19.9. The lowest BCUT2D eigenvalue weighted by molar-refractivity contribution is 0.249. The van der Waals surface area contributed by atoms with Crippen molar-refractivity contribution in [2.24, 2.45) is 0 Å². The average molecular weight is 392 g/mol. The van der Waals surface area contributed by atoms with Crippen molar-refractivity contribution in [2.45, 2.75) is 13.0 Å². The Hall–Kier alpha value is -3.06. The second kappa shape index (κ2) is 9.43. The lowest BCUT2D eigenvalue weighted by Gasteiger charge is -2.35. The van der Waals surface area contributed by atoms with E-state index in [9.17, 15) is 4.39 Å². The Morgan fingerprint density at radius 1 is 0.897 bits per heavy atom. The Bertz CT molecular complexity index is 895. The Morgan fingerprint density at radius 3 is 2.41 bits per heavy atom. The standard InChI is InChI=1S/C22H25FN6/c23-20-8-6-18(7-9-20)10-11-24-22-26-21(16-25-27-22)29-14-12-28(13-15-29)17-19-4-2-1-3-5-19/h1-9,16H,10-15,17H2,(H,24,26,27). The highest BCUT2D eigenvalue weighted by atomic mass is 19.1. The molecule has 0 atom stereocenters. The normalized spacial score (nSPS) is 14.7. The molecule has 1 aliphatic rings. The van der Waals surface area contributed by atoms with Gasteiger partial charge in [-0.3, -0.25) is 4.90 Å². The van der Waals surface area contributed by atoms with Gasteiger partial charge in [-0.25, -0.2) is 4.39 Å². The van der Waals surface area contributed by atoms with Crippen LogP contribution in [-0.4, -0.2) is 52.8 Å². The van der Waals surface area contributed by atoms with E-state index in [1.807, 2.05) is 0 Å². The van der Waals surface area contributed by atoms with Crippen LogP contribution in [0.4, 0.5) is 16.2 Å². The molecule has 1 aromatic heterocycles. The molecule has 2 heterocycles. The molecule has 1 fully saturated rings. The SMILES string of the molecule is Fc1ccc(CCNc2nncc(N3CCN(Cc4ccccc4)CC3)n2)cc1. The first-order chi connectivity index (χ1) is 14.3. The third-order valence-electron chi connectivity index (χ3n) is 5.10. The summed E-state index contributed by atoms with van der Waals surface area (Å²) >= 11 is 0. The minimum Gasteiger partial charge on any atom is -0.353 e. The highest BCUT2D eigenvalue weighted by molar-refractivity contribution is 5.41. The topological polar surface area (TPSA) is 57.2 Å². The molecule has 150 valence electrons. The molecule has 0 radical (unpaired) electrons. The number of nitrogens with zero attached hydrogens (tertiary/aromatic N) is 5. The number of halogens is 1. The van der Waals surface area contributed by atoms with Crippen molar-refractivity contribution >= 4 is 11.8 Å². The van der Waals surface area contributed by atoms with Crippen molar-refractivity contribution in [3.05, 3.63) is 77.7 Å². The molecule has 0 bridgehead atoms. The summed E-state index contributed by atoms with van der Waals surface area (Å²) in [4.78, 5) is 9.33. The zero-order valence-electron chi connectivity index (χ0n) is 16.3. The first-order valence-corrected chi connectivity index (χ1v) is 9.95. The molecule has 0 spiro atoms. The first-order valence-electron chi connectivity index (χ1n) is 9.95. The van der Waals surface area contributed by atoms with Crippen LogP contribution in [0.1, 0.15) is 11.1 Å². The maximum atomic E-state index is 13.0. The van der Waals surface area contributed by atoms with Gasteiger partial charge >= 0.3 is 0 Å². The van der Waals surface area contributed by atoms with E-state index < -0.39 is 0 Å². The zero-order valence-corrected chi connectivity index (χ0v) is 16.3. The molecule has 2 aromatic carbocycles. The lowest BCUT2D eigenvalue weighted by atomic mass is 10.1. The summed E-state index contributed by atoms with van der Waals surface area (Å²) in [5.74, 6) is 1.16. The van der Waals surface area contributed by atoms with E-state index in [2.05, 4.69) is 60.6 Å². The van der Waals surface area contributed by atoms with E-state index in [-0.39, 0.29) is 5.82 Å². The average Bonchev–Trinajstić information content (AvgIpc) is 2.77. The van der Waals surface area contributed by atoms with Crippen LogP contribution in [0, 0.1) is 5.82 Å². The second-order valence-corrected chi connectivity index (χ2v) is 7.19. The van der Waals surface area contributed by atoms with Crippen molar-refractivity contribution in [1.82, 2.24) is 20.1 Å². The molecule has 3 aromatic rings. The van der Waals surface area contributed by atoms with Crippen LogP contribution < -0.4 is 10.2 Å². The highest BCUT2D eigenvalue weighted by Crippen LogP contribution is 2.15. The molecule has 0 unspecified atom stereocenters. The number of hydrogen-bond donors (Lipinski definition) is 1. The molecule has 6 nitrogen and oxygen atoms in total. The molecule has 0 amide bonds. The van der Waals surface area contributed by atoms with E-state index in [1.165, 1.54) is 17.7 Å². The number of nitrogens with one attached hydrogen (secondary N) is 1. The van der Waals surface area contributed by atoms with Gasteiger partial charge < -0.3 is 10.2 Å². The number of piperazine rings is 1. The van der Waals surface area contributed by atoms with Gasteiger partial charge in [-0.2, -0.15) is 10.1 Å². The monoisotopic (exact) mass is 392 g/mol. The molecule has 7 heteroatoms. The fourth-order valence-corrected chi connectivity index (χ4v) is 3.47. The summed E-state index contributed by atoms with van der Waals surface area (Å²) in [6.07, 6.45) is 2.49. The van der Waals surface area contributed by atoms with Crippen molar-refractivity contribution in [1.29, 1.82) is 0 Å². The van der Waals surface area contributed by atoms with Crippen LogP contribution in [0.2, 0.25) is 0 Å². The summed E-state index contributed by atoms with van der Waals surface area (Å²) in [5, 5.41) is 11.4. The highest BCUT2D eigenvalue weighted by Gasteiger charge is 2.19. The molecule has 4 rings (SSSR count). The number of aromatic nitrogens is 3. The quantitative estimate of drug-likeness (QED) is 0.667. The van der Waals surface area contributed by atoms with E-state index in [0.29, 0.717) is 12.5 Å². The number of rotatable bonds is 7. The molecule has 0 aliphatic carbocycles. The second-order valence-electron chi connectivity index (χ2n) is 7.19. The van der Waals surface area contributed by atoms with Gasteiger partial charge in [0.1, 0.15) is 5.82 Å². The van der Waals surface area contributed by atoms with Gasteiger partial charge in [-0.15, -0.1) is 5.10 Å². The molecule has 29 heavy (non-hydrogen) atoms. The minimum atomic E-state index is -0.217. The first kappa shape index (κ1) is 19.3. The molecule has 1 saturated heterocycles. The summed E-state index contributed by atoms with van der Waals surface area (Å²) in [7, 11) is 0. The van der Waals surface area contributed by atoms with Gasteiger partial charge in [0, 0.05) is 39.3 Å². The molecule has 1 N–H and O–H groups in total. The smallest absolute Gasteiger partial charge is 0.244 e. The number of benzene rings is 2. The van der Waals surface area contributed by atoms with Gasteiger partial charge in [0.25, 0.3) is 0 Å². The molecular formula is C22H25FN6. The lowest BCUT2D eigenvalue weighted by Crippen LogP contribution is -2.46. The van der Waals surface area contributed by atoms with Crippen molar-refractivity contribution in [2.75, 3.05) is 42.9 Å². The third-order valence-corrected chi connectivity index (χ3v) is 5.10. The van der Waals surface area contributed by atoms with Crippen LogP contribution >= 0.6 is 0 Å².